The van der Waals surface area contributed by atoms with Gasteiger partial charge in [-0.15, -0.1) is 0 Å². The Kier molecular flexibility index (Phi) is 6.82. The average Bonchev–Trinajstić information content (AvgIpc) is 3.27. The Bertz CT molecular complexity index is 1370. The first kappa shape index (κ1) is 23.6. The van der Waals surface area contributed by atoms with Gasteiger partial charge >= 0.3 is 0 Å². The average molecular weight is 472 g/mol. The molecule has 0 spiro atoms. The quantitative estimate of drug-likeness (QED) is 0.225. The molecule has 178 valence electrons. The van der Waals surface area contributed by atoms with Crippen LogP contribution in [0.5, 0.6) is 17.2 Å². The normalized spacial score (nSPS) is 10.6. The second-order valence-electron chi connectivity index (χ2n) is 8.17. The van der Waals surface area contributed by atoms with Gasteiger partial charge in [0.2, 0.25) is 0 Å². The number of hydrogen-bond donors (Lipinski definition) is 1. The highest BCUT2D eigenvalue weighted by Crippen LogP contribution is 2.31. The molecule has 0 fully saturated rings. The van der Waals surface area contributed by atoms with Crippen LogP contribution in [0.1, 0.15) is 33.0 Å². The fourth-order valence-electron chi connectivity index (χ4n) is 3.59. The number of ether oxygens (including phenoxy) is 2. The number of nitro benzene ring substituents is 1. The highest BCUT2D eigenvalue weighted by molar-refractivity contribution is 6.02. The zero-order chi connectivity index (χ0) is 24.9. The third-order valence-electron chi connectivity index (χ3n) is 5.14. The number of amides is 1. The molecule has 8 nitrogen and oxygen atoms in total. The number of nitro groups is 1. The van der Waals surface area contributed by atoms with E-state index in [1.54, 1.807) is 6.07 Å². The number of carbonyl (C=O) groups is 1. The van der Waals surface area contributed by atoms with Gasteiger partial charge in [-0.2, -0.15) is 0 Å². The Morgan fingerprint density at radius 3 is 2.37 bits per heavy atom. The van der Waals surface area contributed by atoms with E-state index >= 15 is 0 Å². The molecule has 0 saturated heterocycles. The maximum atomic E-state index is 12.7. The van der Waals surface area contributed by atoms with Crippen molar-refractivity contribution in [3.63, 3.8) is 0 Å². The molecule has 4 rings (SSSR count). The van der Waals surface area contributed by atoms with Gasteiger partial charge in [-0.1, -0.05) is 24.3 Å². The standard InChI is InChI=1S/C27H24N2O6/c1-17-10-18(2)12-23(11-17)34-24-14-20(13-21(15-24)29(31)32)28-27(30)26-9-8-22(35-26)16-33-25-7-5-4-6-19(25)3/h4-15H,16H2,1-3H3,(H,28,30). The number of nitrogens with one attached hydrogen (secondary N) is 1. The van der Waals surface area contributed by atoms with Crippen LogP contribution in [0.2, 0.25) is 0 Å². The predicted octanol–water partition coefficient (Wildman–Crippen LogP) is 6.74. The monoisotopic (exact) mass is 472 g/mol. The van der Waals surface area contributed by atoms with Crippen LogP contribution in [0.3, 0.4) is 0 Å². The lowest BCUT2D eigenvalue weighted by Crippen LogP contribution is -2.11. The van der Waals surface area contributed by atoms with Crippen LogP contribution in [0.15, 0.2) is 77.2 Å². The van der Waals surface area contributed by atoms with E-state index in [4.69, 9.17) is 13.9 Å². The number of benzene rings is 3. The zero-order valence-corrected chi connectivity index (χ0v) is 19.5. The summed E-state index contributed by atoms with van der Waals surface area (Å²) < 4.78 is 17.2. The highest BCUT2D eigenvalue weighted by atomic mass is 16.6. The predicted molar refractivity (Wildman–Crippen MR) is 131 cm³/mol. The third kappa shape index (κ3) is 6.05. The summed E-state index contributed by atoms with van der Waals surface area (Å²) in [6.45, 7) is 5.96. The molecule has 0 bridgehead atoms. The molecule has 4 aromatic rings. The Morgan fingerprint density at radius 1 is 0.943 bits per heavy atom. The van der Waals surface area contributed by atoms with Gasteiger partial charge in [-0.05, 0) is 67.8 Å². The van der Waals surface area contributed by atoms with Gasteiger partial charge in [0.15, 0.2) is 5.76 Å². The first-order valence-electron chi connectivity index (χ1n) is 10.9. The summed E-state index contributed by atoms with van der Waals surface area (Å²) in [5.74, 6) is 1.47. The number of rotatable bonds is 8. The number of nitrogens with zero attached hydrogens (tertiary/aromatic N) is 1. The van der Waals surface area contributed by atoms with E-state index < -0.39 is 10.8 Å². The Balaban J connectivity index is 1.48. The number of non-ortho nitro benzene ring substituents is 1. The number of furan rings is 1. The molecular weight excluding hydrogens is 448 g/mol. The van der Waals surface area contributed by atoms with Gasteiger partial charge in [0.25, 0.3) is 11.6 Å². The molecule has 8 heteroatoms. The van der Waals surface area contributed by atoms with E-state index in [9.17, 15) is 14.9 Å². The van der Waals surface area contributed by atoms with Crippen molar-refractivity contribution < 1.29 is 23.6 Å². The fraction of sp³-hybridized carbons (Fsp3) is 0.148. The van der Waals surface area contributed by atoms with Crippen molar-refractivity contribution in [2.75, 3.05) is 5.32 Å². The van der Waals surface area contributed by atoms with Crippen molar-refractivity contribution >= 4 is 17.3 Å². The number of hydrogen-bond acceptors (Lipinski definition) is 6. The van der Waals surface area contributed by atoms with Crippen molar-refractivity contribution in [1.82, 2.24) is 0 Å². The molecule has 35 heavy (non-hydrogen) atoms. The molecule has 0 unspecified atom stereocenters. The number of aryl methyl sites for hydroxylation is 3. The minimum absolute atomic E-state index is 0.0525. The molecule has 1 amide bonds. The first-order valence-corrected chi connectivity index (χ1v) is 10.9. The summed E-state index contributed by atoms with van der Waals surface area (Å²) in [6.07, 6.45) is 0. The Labute approximate surface area is 202 Å². The fourth-order valence-corrected chi connectivity index (χ4v) is 3.59. The molecule has 0 aliphatic heterocycles. The van der Waals surface area contributed by atoms with Crippen molar-refractivity contribution in [1.29, 1.82) is 0 Å². The van der Waals surface area contributed by atoms with Gasteiger partial charge in [-0.25, -0.2) is 0 Å². The maximum Gasteiger partial charge on any atom is 0.291 e. The first-order chi connectivity index (χ1) is 16.8. The molecule has 1 heterocycles. The molecule has 0 aliphatic rings. The molecule has 1 aromatic heterocycles. The lowest BCUT2D eigenvalue weighted by Gasteiger charge is -2.10. The van der Waals surface area contributed by atoms with E-state index in [-0.39, 0.29) is 29.5 Å². The molecule has 3 aromatic carbocycles. The molecule has 0 radical (unpaired) electrons. The number of anilines is 1. The Morgan fingerprint density at radius 2 is 1.66 bits per heavy atom. The lowest BCUT2D eigenvalue weighted by atomic mass is 10.1. The maximum absolute atomic E-state index is 12.7. The van der Waals surface area contributed by atoms with Gasteiger partial charge < -0.3 is 19.2 Å². The SMILES string of the molecule is Cc1cc(C)cc(Oc2cc(NC(=O)c3ccc(COc4ccccc4C)o3)cc([N+](=O)[O-])c2)c1. The summed E-state index contributed by atoms with van der Waals surface area (Å²) in [5, 5.41) is 14.1. The summed E-state index contributed by atoms with van der Waals surface area (Å²) in [4.78, 5) is 23.6. The lowest BCUT2D eigenvalue weighted by molar-refractivity contribution is -0.384. The molecule has 1 N–H and O–H groups in total. The van der Waals surface area contributed by atoms with E-state index in [2.05, 4.69) is 5.32 Å². The molecule has 0 saturated carbocycles. The van der Waals surface area contributed by atoms with Crippen molar-refractivity contribution in [2.45, 2.75) is 27.4 Å². The van der Waals surface area contributed by atoms with E-state index in [0.717, 1.165) is 22.4 Å². The van der Waals surface area contributed by atoms with E-state index in [1.807, 2.05) is 63.2 Å². The zero-order valence-electron chi connectivity index (χ0n) is 19.5. The highest BCUT2D eigenvalue weighted by Gasteiger charge is 2.16. The Hall–Kier alpha value is -4.59. The molecule has 0 atom stereocenters. The summed E-state index contributed by atoms with van der Waals surface area (Å²) in [6, 6.07) is 20.5. The smallest absolute Gasteiger partial charge is 0.291 e. The second-order valence-corrected chi connectivity index (χ2v) is 8.17. The minimum atomic E-state index is -0.551. The van der Waals surface area contributed by atoms with Gasteiger partial charge in [0.1, 0.15) is 29.6 Å². The van der Waals surface area contributed by atoms with Crippen molar-refractivity contribution in [3.05, 3.63) is 111 Å². The largest absolute Gasteiger partial charge is 0.485 e. The van der Waals surface area contributed by atoms with Crippen LogP contribution in [-0.2, 0) is 6.61 Å². The molecular formula is C27H24N2O6. The second kappa shape index (κ2) is 10.1. The summed E-state index contributed by atoms with van der Waals surface area (Å²) >= 11 is 0. The third-order valence-corrected chi connectivity index (χ3v) is 5.14. The van der Waals surface area contributed by atoms with Crippen LogP contribution >= 0.6 is 0 Å². The van der Waals surface area contributed by atoms with Crippen LogP contribution in [0, 0.1) is 30.9 Å². The number of para-hydroxylation sites is 1. The topological polar surface area (TPSA) is 104 Å². The van der Waals surface area contributed by atoms with Crippen LogP contribution < -0.4 is 14.8 Å². The van der Waals surface area contributed by atoms with E-state index in [0.29, 0.717) is 11.5 Å². The summed E-state index contributed by atoms with van der Waals surface area (Å²) in [5.41, 5.74) is 2.98. The van der Waals surface area contributed by atoms with E-state index in [1.165, 1.54) is 24.3 Å². The van der Waals surface area contributed by atoms with Crippen LogP contribution in [-0.4, -0.2) is 10.8 Å². The number of carbonyl (C=O) groups excluding carboxylic acids is 1. The van der Waals surface area contributed by atoms with Gasteiger partial charge in [-0.3, -0.25) is 14.9 Å². The van der Waals surface area contributed by atoms with Crippen molar-refractivity contribution in [2.24, 2.45) is 0 Å². The van der Waals surface area contributed by atoms with Crippen molar-refractivity contribution in [3.8, 4) is 17.2 Å². The summed E-state index contributed by atoms with van der Waals surface area (Å²) in [7, 11) is 0. The van der Waals surface area contributed by atoms with Gasteiger partial charge in [0, 0.05) is 12.1 Å². The minimum Gasteiger partial charge on any atom is -0.485 e. The van der Waals surface area contributed by atoms with Crippen LogP contribution in [0.25, 0.3) is 0 Å². The van der Waals surface area contributed by atoms with Gasteiger partial charge in [0.05, 0.1) is 16.7 Å². The van der Waals surface area contributed by atoms with Crippen LogP contribution in [0.4, 0.5) is 11.4 Å². The molecule has 0 aliphatic carbocycles.